The van der Waals surface area contributed by atoms with Crippen molar-refractivity contribution < 1.29 is 4.79 Å². The second kappa shape index (κ2) is 2.85. The Bertz CT molecular complexity index is 382. The molecule has 0 aliphatic heterocycles. The van der Waals surface area contributed by atoms with E-state index in [-0.39, 0.29) is 11.7 Å². The van der Waals surface area contributed by atoms with Crippen molar-refractivity contribution in [1.29, 1.82) is 0 Å². The maximum atomic E-state index is 11.7. The number of benzene rings is 1. The SMILES string of the molecule is Cc1ccc(Cl)c2c1CC(C)C2=O. The van der Waals surface area contributed by atoms with Crippen LogP contribution in [0.15, 0.2) is 12.1 Å². The summed E-state index contributed by atoms with van der Waals surface area (Å²) in [6.45, 7) is 3.98. The van der Waals surface area contributed by atoms with Crippen LogP contribution >= 0.6 is 11.6 Å². The van der Waals surface area contributed by atoms with Gasteiger partial charge in [0.25, 0.3) is 0 Å². The molecule has 1 aliphatic carbocycles. The van der Waals surface area contributed by atoms with E-state index in [1.54, 1.807) is 0 Å². The van der Waals surface area contributed by atoms with E-state index in [2.05, 4.69) is 0 Å². The third kappa shape index (κ3) is 1.19. The van der Waals surface area contributed by atoms with Crippen LogP contribution in [0.4, 0.5) is 0 Å². The summed E-state index contributed by atoms with van der Waals surface area (Å²) in [5.74, 6) is 0.303. The van der Waals surface area contributed by atoms with Crippen molar-refractivity contribution in [3.8, 4) is 0 Å². The molecule has 0 radical (unpaired) electrons. The number of ketones is 1. The molecule has 0 amide bonds. The van der Waals surface area contributed by atoms with Crippen molar-refractivity contribution in [2.45, 2.75) is 20.3 Å². The van der Waals surface area contributed by atoms with Crippen LogP contribution in [0, 0.1) is 12.8 Å². The van der Waals surface area contributed by atoms with Gasteiger partial charge in [-0.2, -0.15) is 0 Å². The first-order valence-electron chi connectivity index (χ1n) is 4.43. The first kappa shape index (κ1) is 8.76. The zero-order valence-corrected chi connectivity index (χ0v) is 8.48. The van der Waals surface area contributed by atoms with Crippen molar-refractivity contribution >= 4 is 17.4 Å². The zero-order valence-electron chi connectivity index (χ0n) is 7.73. The van der Waals surface area contributed by atoms with E-state index in [4.69, 9.17) is 11.6 Å². The van der Waals surface area contributed by atoms with Gasteiger partial charge in [-0.3, -0.25) is 4.79 Å². The minimum atomic E-state index is 0.105. The standard InChI is InChI=1S/C11H11ClO/c1-6-3-4-9(12)10-8(6)5-7(2)11(10)13/h3-4,7H,5H2,1-2H3. The highest BCUT2D eigenvalue weighted by Crippen LogP contribution is 2.33. The van der Waals surface area contributed by atoms with E-state index in [9.17, 15) is 4.79 Å². The minimum Gasteiger partial charge on any atom is -0.294 e. The van der Waals surface area contributed by atoms with E-state index in [0.717, 1.165) is 17.5 Å². The second-order valence-electron chi connectivity index (χ2n) is 3.69. The molecule has 1 nitrogen and oxygen atoms in total. The van der Waals surface area contributed by atoms with Gasteiger partial charge >= 0.3 is 0 Å². The molecule has 0 aromatic heterocycles. The topological polar surface area (TPSA) is 17.1 Å². The van der Waals surface area contributed by atoms with Gasteiger partial charge in [0.15, 0.2) is 5.78 Å². The van der Waals surface area contributed by atoms with E-state index in [1.165, 1.54) is 5.56 Å². The molecule has 0 bridgehead atoms. The summed E-state index contributed by atoms with van der Waals surface area (Å²) in [4.78, 5) is 11.7. The van der Waals surface area contributed by atoms with Gasteiger partial charge in [0, 0.05) is 11.5 Å². The molecule has 1 aromatic carbocycles. The first-order valence-corrected chi connectivity index (χ1v) is 4.81. The Kier molecular flexibility index (Phi) is 1.92. The number of carbonyl (C=O) groups excluding carboxylic acids is 1. The molecule has 2 heteroatoms. The number of hydrogen-bond donors (Lipinski definition) is 0. The normalized spacial score (nSPS) is 20.5. The quantitative estimate of drug-likeness (QED) is 0.621. The van der Waals surface area contributed by atoms with Crippen LogP contribution in [0.1, 0.15) is 28.4 Å². The van der Waals surface area contributed by atoms with Crippen molar-refractivity contribution in [3.05, 3.63) is 33.8 Å². The lowest BCUT2D eigenvalue weighted by Crippen LogP contribution is -2.03. The van der Waals surface area contributed by atoms with Crippen LogP contribution in [-0.2, 0) is 6.42 Å². The van der Waals surface area contributed by atoms with Gasteiger partial charge < -0.3 is 0 Å². The number of rotatable bonds is 0. The molecule has 1 unspecified atom stereocenters. The van der Waals surface area contributed by atoms with Crippen molar-refractivity contribution in [3.63, 3.8) is 0 Å². The smallest absolute Gasteiger partial charge is 0.167 e. The molecule has 2 rings (SSSR count). The second-order valence-corrected chi connectivity index (χ2v) is 4.09. The number of hydrogen-bond acceptors (Lipinski definition) is 1. The van der Waals surface area contributed by atoms with Crippen LogP contribution in [-0.4, -0.2) is 5.78 Å². The highest BCUT2D eigenvalue weighted by atomic mass is 35.5. The summed E-state index contributed by atoms with van der Waals surface area (Å²) in [7, 11) is 0. The van der Waals surface area contributed by atoms with Gasteiger partial charge in [0.05, 0.1) is 5.02 Å². The van der Waals surface area contributed by atoms with Gasteiger partial charge in [-0.15, -0.1) is 0 Å². The van der Waals surface area contributed by atoms with Gasteiger partial charge in [-0.1, -0.05) is 24.6 Å². The number of Topliss-reactive ketones (excluding diaryl/α,β-unsaturated/α-hetero) is 1. The molecule has 0 fully saturated rings. The van der Waals surface area contributed by atoms with E-state index < -0.39 is 0 Å². The molecule has 0 heterocycles. The van der Waals surface area contributed by atoms with Gasteiger partial charge in [-0.05, 0) is 30.5 Å². The van der Waals surface area contributed by atoms with Crippen molar-refractivity contribution in [1.82, 2.24) is 0 Å². The van der Waals surface area contributed by atoms with Crippen LogP contribution in [0.2, 0.25) is 5.02 Å². The van der Waals surface area contributed by atoms with Crippen molar-refractivity contribution in [2.75, 3.05) is 0 Å². The fourth-order valence-electron chi connectivity index (χ4n) is 1.90. The Hall–Kier alpha value is -0.820. The summed E-state index contributed by atoms with van der Waals surface area (Å²) < 4.78 is 0. The highest BCUT2D eigenvalue weighted by molar-refractivity contribution is 6.34. The Balaban J connectivity index is 2.68. The summed E-state index contributed by atoms with van der Waals surface area (Å²) in [5, 5.41) is 0.606. The van der Waals surface area contributed by atoms with Crippen LogP contribution in [0.3, 0.4) is 0 Å². The molecule has 1 aliphatic rings. The summed E-state index contributed by atoms with van der Waals surface area (Å²) in [6, 6.07) is 3.79. The van der Waals surface area contributed by atoms with E-state index in [0.29, 0.717) is 5.02 Å². The molecule has 0 saturated carbocycles. The van der Waals surface area contributed by atoms with Gasteiger partial charge in [0.2, 0.25) is 0 Å². The fourth-order valence-corrected chi connectivity index (χ4v) is 2.17. The summed E-state index contributed by atoms with van der Waals surface area (Å²) in [5.41, 5.74) is 3.08. The van der Waals surface area contributed by atoms with E-state index in [1.807, 2.05) is 26.0 Å². The Morgan fingerprint density at radius 3 is 2.77 bits per heavy atom. The third-order valence-electron chi connectivity index (χ3n) is 2.70. The molecule has 0 saturated heterocycles. The first-order chi connectivity index (χ1) is 6.11. The van der Waals surface area contributed by atoms with Crippen molar-refractivity contribution in [2.24, 2.45) is 5.92 Å². The zero-order chi connectivity index (χ0) is 9.59. The van der Waals surface area contributed by atoms with Gasteiger partial charge in [-0.25, -0.2) is 0 Å². The average Bonchev–Trinajstić information content (AvgIpc) is 2.38. The van der Waals surface area contributed by atoms with Crippen LogP contribution in [0.5, 0.6) is 0 Å². The number of halogens is 1. The largest absolute Gasteiger partial charge is 0.294 e. The van der Waals surface area contributed by atoms with Gasteiger partial charge in [0.1, 0.15) is 0 Å². The number of aryl methyl sites for hydroxylation is 1. The summed E-state index contributed by atoms with van der Waals surface area (Å²) >= 11 is 5.98. The maximum absolute atomic E-state index is 11.7. The lowest BCUT2D eigenvalue weighted by molar-refractivity contribution is 0.0946. The lowest BCUT2D eigenvalue weighted by atomic mass is 10.0. The molecule has 0 N–H and O–H groups in total. The number of carbonyl (C=O) groups is 1. The number of fused-ring (bicyclic) bond motifs is 1. The Morgan fingerprint density at radius 2 is 2.15 bits per heavy atom. The Labute approximate surface area is 82.7 Å². The predicted molar refractivity (Wildman–Crippen MR) is 53.4 cm³/mol. The maximum Gasteiger partial charge on any atom is 0.167 e. The van der Waals surface area contributed by atoms with Crippen LogP contribution in [0.25, 0.3) is 0 Å². The van der Waals surface area contributed by atoms with E-state index >= 15 is 0 Å². The lowest BCUT2D eigenvalue weighted by Gasteiger charge is -2.03. The molecular formula is C11H11ClO. The third-order valence-corrected chi connectivity index (χ3v) is 3.02. The molecule has 13 heavy (non-hydrogen) atoms. The summed E-state index contributed by atoms with van der Waals surface area (Å²) in [6.07, 6.45) is 0.848. The fraction of sp³-hybridized carbons (Fsp3) is 0.364. The molecular weight excluding hydrogens is 184 g/mol. The monoisotopic (exact) mass is 194 g/mol. The molecule has 1 aromatic rings. The predicted octanol–water partition coefficient (Wildman–Crippen LogP) is 3.02. The highest BCUT2D eigenvalue weighted by Gasteiger charge is 2.29. The molecule has 1 atom stereocenters. The molecule has 68 valence electrons. The Morgan fingerprint density at radius 1 is 1.46 bits per heavy atom. The van der Waals surface area contributed by atoms with Crippen LogP contribution < -0.4 is 0 Å². The molecule has 0 spiro atoms. The average molecular weight is 195 g/mol. The minimum absolute atomic E-state index is 0.105.